The fourth-order valence-electron chi connectivity index (χ4n) is 1.98. The number of rotatable bonds is 6. The highest BCUT2D eigenvalue weighted by Crippen LogP contribution is 2.14. The molecular formula is C14H17NO5. The normalized spacial score (nSPS) is 17.7. The third-order valence-corrected chi connectivity index (χ3v) is 2.95. The largest absolute Gasteiger partial charge is 0.482 e. The Kier molecular flexibility index (Phi) is 4.95. The molecule has 0 aliphatic carbocycles. The van der Waals surface area contributed by atoms with Crippen LogP contribution in [-0.4, -0.2) is 36.3 Å². The summed E-state index contributed by atoms with van der Waals surface area (Å²) in [6.07, 6.45) is 1.32. The number of hydrogen-bond donors (Lipinski definition) is 2. The maximum absolute atomic E-state index is 11.8. The Hall–Kier alpha value is -2.08. The van der Waals surface area contributed by atoms with Crippen molar-refractivity contribution in [3.05, 3.63) is 29.8 Å². The lowest BCUT2D eigenvalue weighted by Gasteiger charge is -2.11. The van der Waals surface area contributed by atoms with E-state index in [1.807, 2.05) is 6.07 Å². The molecule has 108 valence electrons. The first kappa shape index (κ1) is 14.3. The van der Waals surface area contributed by atoms with E-state index in [-0.39, 0.29) is 18.6 Å². The average molecular weight is 279 g/mol. The van der Waals surface area contributed by atoms with Crippen LogP contribution in [0.3, 0.4) is 0 Å². The van der Waals surface area contributed by atoms with Crippen molar-refractivity contribution < 1.29 is 24.2 Å². The van der Waals surface area contributed by atoms with Crippen molar-refractivity contribution in [1.29, 1.82) is 0 Å². The number of carboxylic acids is 1. The van der Waals surface area contributed by atoms with Crippen LogP contribution in [0.2, 0.25) is 0 Å². The number of carbonyl (C=O) groups excluding carboxylic acids is 1. The SMILES string of the molecule is O=C(O)COc1cccc(CNC(=O)C2CCCO2)c1. The number of carbonyl (C=O) groups is 2. The molecule has 2 N–H and O–H groups in total. The van der Waals surface area contributed by atoms with Crippen LogP contribution >= 0.6 is 0 Å². The molecule has 0 aromatic heterocycles. The molecule has 1 saturated heterocycles. The lowest BCUT2D eigenvalue weighted by Crippen LogP contribution is -2.33. The highest BCUT2D eigenvalue weighted by atomic mass is 16.5. The second kappa shape index (κ2) is 6.91. The maximum atomic E-state index is 11.8. The number of carboxylic acid groups (broad SMARTS) is 1. The number of amides is 1. The van der Waals surface area contributed by atoms with Crippen LogP contribution in [0.25, 0.3) is 0 Å². The first-order valence-corrected chi connectivity index (χ1v) is 6.48. The second-order valence-electron chi connectivity index (χ2n) is 4.55. The van der Waals surface area contributed by atoms with Gasteiger partial charge in [0, 0.05) is 13.2 Å². The van der Waals surface area contributed by atoms with Crippen molar-refractivity contribution in [2.45, 2.75) is 25.5 Å². The van der Waals surface area contributed by atoms with Crippen LogP contribution in [0.5, 0.6) is 5.75 Å². The topological polar surface area (TPSA) is 84.9 Å². The number of nitrogens with one attached hydrogen (secondary N) is 1. The fraction of sp³-hybridized carbons (Fsp3) is 0.429. The number of ether oxygens (including phenoxy) is 2. The molecule has 0 bridgehead atoms. The average Bonchev–Trinajstić information content (AvgIpc) is 2.97. The minimum Gasteiger partial charge on any atom is -0.482 e. The molecule has 1 aliphatic rings. The highest BCUT2D eigenvalue weighted by molar-refractivity contribution is 5.80. The van der Waals surface area contributed by atoms with E-state index in [9.17, 15) is 9.59 Å². The zero-order valence-electron chi connectivity index (χ0n) is 11.0. The van der Waals surface area contributed by atoms with Crippen LogP contribution in [0.4, 0.5) is 0 Å². The van der Waals surface area contributed by atoms with Gasteiger partial charge in [0.2, 0.25) is 5.91 Å². The predicted molar refractivity (Wildman–Crippen MR) is 70.4 cm³/mol. The lowest BCUT2D eigenvalue weighted by atomic mass is 10.2. The molecule has 1 atom stereocenters. The van der Waals surface area contributed by atoms with Gasteiger partial charge in [-0.15, -0.1) is 0 Å². The molecule has 1 heterocycles. The molecule has 0 spiro atoms. The molecule has 1 fully saturated rings. The molecule has 1 aromatic rings. The lowest BCUT2D eigenvalue weighted by molar-refractivity contribution is -0.139. The molecule has 1 aliphatic heterocycles. The Morgan fingerprint density at radius 3 is 3.00 bits per heavy atom. The summed E-state index contributed by atoms with van der Waals surface area (Å²) in [6.45, 7) is 0.616. The molecule has 1 amide bonds. The van der Waals surface area contributed by atoms with E-state index in [4.69, 9.17) is 14.6 Å². The summed E-state index contributed by atoms with van der Waals surface area (Å²) in [5, 5.41) is 11.3. The van der Waals surface area contributed by atoms with Crippen LogP contribution in [0.1, 0.15) is 18.4 Å². The van der Waals surface area contributed by atoms with Gasteiger partial charge in [0.25, 0.3) is 0 Å². The number of benzene rings is 1. The van der Waals surface area contributed by atoms with E-state index < -0.39 is 5.97 Å². The zero-order chi connectivity index (χ0) is 14.4. The minimum absolute atomic E-state index is 0.112. The Balaban J connectivity index is 1.84. The predicted octanol–water partition coefficient (Wildman–Crippen LogP) is 0.945. The van der Waals surface area contributed by atoms with Gasteiger partial charge >= 0.3 is 5.97 Å². The molecule has 20 heavy (non-hydrogen) atoms. The van der Waals surface area contributed by atoms with Gasteiger partial charge in [0.15, 0.2) is 6.61 Å². The fourth-order valence-corrected chi connectivity index (χ4v) is 1.98. The van der Waals surface area contributed by atoms with E-state index in [0.29, 0.717) is 18.9 Å². The molecule has 6 heteroatoms. The van der Waals surface area contributed by atoms with Gasteiger partial charge in [-0.1, -0.05) is 12.1 Å². The standard InChI is InChI=1S/C14H17NO5/c16-13(17)9-20-11-4-1-3-10(7-11)8-15-14(18)12-5-2-6-19-12/h1,3-4,7,12H,2,5-6,8-9H2,(H,15,18)(H,16,17). The van der Waals surface area contributed by atoms with E-state index in [2.05, 4.69) is 5.32 Å². The summed E-state index contributed by atoms with van der Waals surface area (Å²) in [4.78, 5) is 22.2. The van der Waals surface area contributed by atoms with Gasteiger partial charge in [-0.2, -0.15) is 0 Å². The molecule has 0 radical (unpaired) electrons. The Morgan fingerprint density at radius 1 is 1.45 bits per heavy atom. The van der Waals surface area contributed by atoms with E-state index in [1.165, 1.54) is 0 Å². The summed E-state index contributed by atoms with van der Waals surface area (Å²) in [5.74, 6) is -0.669. The van der Waals surface area contributed by atoms with Gasteiger partial charge in [0.1, 0.15) is 11.9 Å². The van der Waals surface area contributed by atoms with Gasteiger partial charge in [0.05, 0.1) is 0 Å². The monoisotopic (exact) mass is 279 g/mol. The van der Waals surface area contributed by atoms with Gasteiger partial charge in [-0.25, -0.2) is 4.79 Å². The highest BCUT2D eigenvalue weighted by Gasteiger charge is 2.22. The van der Waals surface area contributed by atoms with Crippen LogP contribution in [0.15, 0.2) is 24.3 Å². The summed E-state index contributed by atoms with van der Waals surface area (Å²) in [7, 11) is 0. The molecule has 0 saturated carbocycles. The van der Waals surface area contributed by atoms with Crippen molar-refractivity contribution in [3.63, 3.8) is 0 Å². The van der Waals surface area contributed by atoms with Gasteiger partial charge < -0.3 is 19.9 Å². The third-order valence-electron chi connectivity index (χ3n) is 2.95. The third kappa shape index (κ3) is 4.24. The van der Waals surface area contributed by atoms with Crippen LogP contribution < -0.4 is 10.1 Å². The summed E-state index contributed by atoms with van der Waals surface area (Å²) >= 11 is 0. The summed E-state index contributed by atoms with van der Waals surface area (Å²) in [5.41, 5.74) is 0.847. The Labute approximate surface area is 116 Å². The molecule has 1 aromatic carbocycles. The Morgan fingerprint density at radius 2 is 2.30 bits per heavy atom. The van der Waals surface area contributed by atoms with Crippen molar-refractivity contribution in [3.8, 4) is 5.75 Å². The maximum Gasteiger partial charge on any atom is 0.341 e. The van der Waals surface area contributed by atoms with Crippen molar-refractivity contribution in [1.82, 2.24) is 5.32 Å². The second-order valence-corrected chi connectivity index (χ2v) is 4.55. The van der Waals surface area contributed by atoms with Crippen molar-refractivity contribution >= 4 is 11.9 Å². The zero-order valence-corrected chi connectivity index (χ0v) is 11.0. The van der Waals surface area contributed by atoms with Gasteiger partial charge in [-0.3, -0.25) is 4.79 Å². The minimum atomic E-state index is -1.03. The van der Waals surface area contributed by atoms with Crippen LogP contribution in [-0.2, 0) is 20.9 Å². The van der Waals surface area contributed by atoms with E-state index in [1.54, 1.807) is 18.2 Å². The molecule has 2 rings (SSSR count). The number of aliphatic carboxylic acids is 1. The first-order chi connectivity index (χ1) is 9.65. The van der Waals surface area contributed by atoms with Crippen molar-refractivity contribution in [2.75, 3.05) is 13.2 Å². The molecule has 1 unspecified atom stereocenters. The van der Waals surface area contributed by atoms with Crippen LogP contribution in [0, 0.1) is 0 Å². The summed E-state index contributed by atoms with van der Waals surface area (Å²) < 4.78 is 10.4. The smallest absolute Gasteiger partial charge is 0.341 e. The Bertz CT molecular complexity index is 482. The molecular weight excluding hydrogens is 262 g/mol. The summed E-state index contributed by atoms with van der Waals surface area (Å²) in [6, 6.07) is 6.97. The van der Waals surface area contributed by atoms with Gasteiger partial charge in [-0.05, 0) is 30.5 Å². The van der Waals surface area contributed by atoms with Crippen molar-refractivity contribution in [2.24, 2.45) is 0 Å². The molecule has 6 nitrogen and oxygen atoms in total. The quantitative estimate of drug-likeness (QED) is 0.809. The first-order valence-electron chi connectivity index (χ1n) is 6.48. The number of hydrogen-bond acceptors (Lipinski definition) is 4. The van der Waals surface area contributed by atoms with E-state index >= 15 is 0 Å². The van der Waals surface area contributed by atoms with E-state index in [0.717, 1.165) is 18.4 Å².